The first-order valence-corrected chi connectivity index (χ1v) is 5.16. The maximum atomic E-state index is 5.09. The zero-order valence-electron chi connectivity index (χ0n) is 9.40. The highest BCUT2D eigenvalue weighted by atomic mass is 16.5. The van der Waals surface area contributed by atoms with Gasteiger partial charge in [0.1, 0.15) is 5.75 Å². The summed E-state index contributed by atoms with van der Waals surface area (Å²) in [5.74, 6) is 0.895. The molecule has 15 heavy (non-hydrogen) atoms. The smallest absolute Gasteiger partial charge is 0.118 e. The van der Waals surface area contributed by atoms with Gasteiger partial charge in [-0.05, 0) is 30.5 Å². The van der Waals surface area contributed by atoms with Crippen LogP contribution in [0.25, 0.3) is 6.08 Å². The fourth-order valence-corrected chi connectivity index (χ4v) is 1.28. The van der Waals surface area contributed by atoms with E-state index >= 15 is 0 Å². The van der Waals surface area contributed by atoms with E-state index in [1.807, 2.05) is 24.3 Å². The third-order valence-corrected chi connectivity index (χ3v) is 2.15. The van der Waals surface area contributed by atoms with Crippen molar-refractivity contribution in [2.45, 2.75) is 12.8 Å². The van der Waals surface area contributed by atoms with E-state index in [1.54, 1.807) is 14.2 Å². The van der Waals surface area contributed by atoms with Crippen molar-refractivity contribution >= 4 is 6.08 Å². The zero-order chi connectivity index (χ0) is 10.9. The van der Waals surface area contributed by atoms with E-state index in [0.29, 0.717) is 0 Å². The Morgan fingerprint density at radius 1 is 1.13 bits per heavy atom. The molecule has 0 aliphatic heterocycles. The first kappa shape index (κ1) is 11.8. The van der Waals surface area contributed by atoms with Crippen LogP contribution < -0.4 is 4.74 Å². The summed E-state index contributed by atoms with van der Waals surface area (Å²) in [6.07, 6.45) is 6.42. The van der Waals surface area contributed by atoms with Crippen LogP contribution in [0.2, 0.25) is 0 Å². The molecule has 2 heteroatoms. The lowest BCUT2D eigenvalue weighted by molar-refractivity contribution is 0.196. The second kappa shape index (κ2) is 7.07. The molecule has 2 nitrogen and oxygen atoms in total. The van der Waals surface area contributed by atoms with Crippen molar-refractivity contribution in [1.82, 2.24) is 0 Å². The van der Waals surface area contributed by atoms with E-state index < -0.39 is 0 Å². The van der Waals surface area contributed by atoms with Crippen LogP contribution in [0.4, 0.5) is 0 Å². The summed E-state index contributed by atoms with van der Waals surface area (Å²) in [5, 5.41) is 0. The van der Waals surface area contributed by atoms with Crippen molar-refractivity contribution in [2.75, 3.05) is 20.8 Å². The molecule has 0 bridgehead atoms. The van der Waals surface area contributed by atoms with Crippen LogP contribution in [0.15, 0.2) is 30.3 Å². The lowest BCUT2D eigenvalue weighted by atomic mass is 10.2. The van der Waals surface area contributed by atoms with E-state index in [-0.39, 0.29) is 0 Å². The molecule has 0 unspecified atom stereocenters. The second-order valence-corrected chi connectivity index (χ2v) is 3.31. The molecule has 0 aliphatic rings. The third kappa shape index (κ3) is 4.66. The lowest BCUT2D eigenvalue weighted by Gasteiger charge is -1.99. The highest BCUT2D eigenvalue weighted by Gasteiger charge is 1.89. The van der Waals surface area contributed by atoms with Gasteiger partial charge in [-0.25, -0.2) is 0 Å². The van der Waals surface area contributed by atoms with Gasteiger partial charge in [0.25, 0.3) is 0 Å². The van der Waals surface area contributed by atoms with E-state index in [9.17, 15) is 0 Å². The van der Waals surface area contributed by atoms with Gasteiger partial charge in [-0.3, -0.25) is 0 Å². The van der Waals surface area contributed by atoms with Gasteiger partial charge in [0, 0.05) is 13.7 Å². The highest BCUT2D eigenvalue weighted by molar-refractivity contribution is 5.50. The zero-order valence-corrected chi connectivity index (χ0v) is 9.40. The van der Waals surface area contributed by atoms with Gasteiger partial charge in [-0.1, -0.05) is 24.3 Å². The van der Waals surface area contributed by atoms with Crippen molar-refractivity contribution in [2.24, 2.45) is 0 Å². The second-order valence-electron chi connectivity index (χ2n) is 3.31. The van der Waals surface area contributed by atoms with E-state index in [4.69, 9.17) is 9.47 Å². The number of rotatable bonds is 6. The van der Waals surface area contributed by atoms with Gasteiger partial charge in [-0.2, -0.15) is 0 Å². The Morgan fingerprint density at radius 2 is 1.87 bits per heavy atom. The Morgan fingerprint density at radius 3 is 2.47 bits per heavy atom. The van der Waals surface area contributed by atoms with Crippen molar-refractivity contribution in [3.8, 4) is 5.75 Å². The maximum Gasteiger partial charge on any atom is 0.118 e. The average molecular weight is 206 g/mol. The van der Waals surface area contributed by atoms with E-state index in [2.05, 4.69) is 12.2 Å². The van der Waals surface area contributed by atoms with Crippen LogP contribution in [0.1, 0.15) is 18.4 Å². The van der Waals surface area contributed by atoms with Gasteiger partial charge in [0.2, 0.25) is 0 Å². The molecule has 0 heterocycles. The van der Waals surface area contributed by atoms with Gasteiger partial charge >= 0.3 is 0 Å². The minimum Gasteiger partial charge on any atom is -0.497 e. The Kier molecular flexibility index (Phi) is 5.56. The molecule has 0 N–H and O–H groups in total. The number of hydrogen-bond acceptors (Lipinski definition) is 2. The molecule has 0 saturated carbocycles. The molecular formula is C13H18O2. The van der Waals surface area contributed by atoms with E-state index in [1.165, 1.54) is 5.56 Å². The number of unbranched alkanes of at least 4 members (excludes halogenated alkanes) is 1. The summed E-state index contributed by atoms with van der Waals surface area (Å²) < 4.78 is 10.1. The number of allylic oxidation sites excluding steroid dienone is 1. The van der Waals surface area contributed by atoms with Crippen LogP contribution in [0.3, 0.4) is 0 Å². The molecule has 0 saturated heterocycles. The lowest BCUT2D eigenvalue weighted by Crippen LogP contribution is -1.85. The predicted molar refractivity (Wildman–Crippen MR) is 63.1 cm³/mol. The molecule has 0 aromatic heterocycles. The van der Waals surface area contributed by atoms with Gasteiger partial charge in [0.05, 0.1) is 7.11 Å². The first-order chi connectivity index (χ1) is 7.36. The molecule has 82 valence electrons. The maximum absolute atomic E-state index is 5.09. The fraction of sp³-hybridized carbons (Fsp3) is 0.385. The Bertz CT molecular complexity index is 288. The average Bonchev–Trinajstić information content (AvgIpc) is 2.30. The van der Waals surface area contributed by atoms with Crippen molar-refractivity contribution in [3.05, 3.63) is 35.9 Å². The largest absolute Gasteiger partial charge is 0.497 e. The molecule has 1 rings (SSSR count). The summed E-state index contributed by atoms with van der Waals surface area (Å²) in [7, 11) is 3.41. The van der Waals surface area contributed by atoms with Gasteiger partial charge in [0.15, 0.2) is 0 Å². The van der Waals surface area contributed by atoms with Crippen molar-refractivity contribution in [3.63, 3.8) is 0 Å². The molecule has 0 fully saturated rings. The quantitative estimate of drug-likeness (QED) is 0.666. The minimum absolute atomic E-state index is 0.826. The summed E-state index contributed by atoms with van der Waals surface area (Å²) in [6.45, 7) is 0.826. The standard InChI is InChI=1S/C13H18O2/c1-14-11-5-3-4-6-12-7-9-13(15-2)10-8-12/h4,6-10H,3,5,11H2,1-2H3/b6-4+. The Hall–Kier alpha value is -1.28. The molecular weight excluding hydrogens is 188 g/mol. The number of benzene rings is 1. The monoisotopic (exact) mass is 206 g/mol. The normalized spacial score (nSPS) is 10.8. The summed E-state index contributed by atoms with van der Waals surface area (Å²) in [4.78, 5) is 0. The summed E-state index contributed by atoms with van der Waals surface area (Å²) in [6, 6.07) is 8.03. The molecule has 0 aliphatic carbocycles. The van der Waals surface area contributed by atoms with Gasteiger partial charge in [-0.15, -0.1) is 0 Å². The molecule has 1 aromatic rings. The van der Waals surface area contributed by atoms with Crippen LogP contribution >= 0.6 is 0 Å². The molecule has 0 amide bonds. The molecule has 0 radical (unpaired) electrons. The Labute approximate surface area is 91.5 Å². The van der Waals surface area contributed by atoms with Crippen molar-refractivity contribution < 1.29 is 9.47 Å². The topological polar surface area (TPSA) is 18.5 Å². The third-order valence-electron chi connectivity index (χ3n) is 2.15. The van der Waals surface area contributed by atoms with Gasteiger partial charge < -0.3 is 9.47 Å². The SMILES string of the molecule is COCCC/C=C/c1ccc(OC)cc1. The minimum atomic E-state index is 0.826. The predicted octanol–water partition coefficient (Wildman–Crippen LogP) is 3.14. The van der Waals surface area contributed by atoms with Crippen LogP contribution in [0.5, 0.6) is 5.75 Å². The molecule has 0 atom stereocenters. The number of hydrogen-bond donors (Lipinski definition) is 0. The molecule has 0 spiro atoms. The fourth-order valence-electron chi connectivity index (χ4n) is 1.28. The highest BCUT2D eigenvalue weighted by Crippen LogP contribution is 2.12. The summed E-state index contributed by atoms with van der Waals surface area (Å²) in [5.41, 5.74) is 1.20. The van der Waals surface area contributed by atoms with Crippen LogP contribution in [0, 0.1) is 0 Å². The first-order valence-electron chi connectivity index (χ1n) is 5.16. The summed E-state index contributed by atoms with van der Waals surface area (Å²) >= 11 is 0. The van der Waals surface area contributed by atoms with Crippen molar-refractivity contribution in [1.29, 1.82) is 0 Å². The van der Waals surface area contributed by atoms with Crippen LogP contribution in [-0.4, -0.2) is 20.8 Å². The van der Waals surface area contributed by atoms with Crippen LogP contribution in [-0.2, 0) is 4.74 Å². The number of ether oxygens (including phenoxy) is 2. The number of methoxy groups -OCH3 is 2. The Balaban J connectivity index is 2.36. The molecule has 1 aromatic carbocycles. The van der Waals surface area contributed by atoms with E-state index in [0.717, 1.165) is 25.2 Å².